The summed E-state index contributed by atoms with van der Waals surface area (Å²) in [5.41, 5.74) is 8.41. The molecule has 0 saturated heterocycles. The Morgan fingerprint density at radius 2 is 2.05 bits per heavy atom. The first-order valence-electron chi connectivity index (χ1n) is 5.75. The normalized spacial score (nSPS) is 13.5. The van der Waals surface area contributed by atoms with Crippen LogP contribution in [0.5, 0.6) is 0 Å². The lowest BCUT2D eigenvalue weighted by Crippen LogP contribution is -2.09. The summed E-state index contributed by atoms with van der Waals surface area (Å²) in [7, 11) is 1.36. The number of benzene rings is 1. The summed E-state index contributed by atoms with van der Waals surface area (Å²) in [5.74, 6) is -0.410. The van der Waals surface area contributed by atoms with E-state index in [1.165, 1.54) is 18.9 Å². The molecule has 4 nitrogen and oxygen atoms in total. The Hall–Kier alpha value is -2.14. The van der Waals surface area contributed by atoms with E-state index in [1.807, 2.05) is 47.2 Å². The maximum atomic E-state index is 11.9. The quantitative estimate of drug-likeness (QED) is 0.810. The first-order chi connectivity index (χ1) is 9.22. The zero-order valence-corrected chi connectivity index (χ0v) is 11.1. The summed E-state index contributed by atoms with van der Waals surface area (Å²) in [5, 5.41) is 0.938. The number of nitrogens with zero attached hydrogens (tertiary/aromatic N) is 1. The lowest BCUT2D eigenvalue weighted by atomic mass is 10.1. The first kappa shape index (κ1) is 11.9. The molecule has 0 unspecified atom stereocenters. The molecule has 1 aromatic carbocycles. The van der Waals surface area contributed by atoms with Gasteiger partial charge in [0.2, 0.25) is 0 Å². The monoisotopic (exact) mass is 272 g/mol. The molecule has 19 heavy (non-hydrogen) atoms. The van der Waals surface area contributed by atoms with Crippen molar-refractivity contribution in [1.82, 2.24) is 4.57 Å². The smallest absolute Gasteiger partial charge is 0.346 e. The Morgan fingerprint density at radius 1 is 1.26 bits per heavy atom. The first-order valence-corrected chi connectivity index (χ1v) is 6.57. The number of ether oxygens (including phenoxy) is 1. The molecule has 0 amide bonds. The molecule has 1 aromatic heterocycles. The number of carbonyl (C=O) groups excluding carboxylic acids is 1. The van der Waals surface area contributed by atoms with Crippen LogP contribution in [0.25, 0.3) is 11.4 Å². The zero-order chi connectivity index (χ0) is 13.4. The number of thioether (sulfide) groups is 1. The minimum atomic E-state index is -0.410. The van der Waals surface area contributed by atoms with Crippen molar-refractivity contribution < 1.29 is 9.53 Å². The third kappa shape index (κ3) is 1.82. The number of fused-ring (bicyclic) bond motifs is 3. The Labute approximate surface area is 114 Å². The number of carbonyl (C=O) groups is 1. The van der Waals surface area contributed by atoms with Crippen LogP contribution in [0.2, 0.25) is 0 Å². The second kappa shape index (κ2) is 4.51. The fourth-order valence-electron chi connectivity index (χ4n) is 2.09. The lowest BCUT2D eigenvalue weighted by Gasteiger charge is -2.09. The van der Waals surface area contributed by atoms with Gasteiger partial charge in [0.15, 0.2) is 0 Å². The average Bonchev–Trinajstić information content (AvgIpc) is 2.87. The molecular weight excluding hydrogens is 260 g/mol. The van der Waals surface area contributed by atoms with Gasteiger partial charge < -0.3 is 15.0 Å². The maximum Gasteiger partial charge on any atom is 0.346 e. The van der Waals surface area contributed by atoms with Crippen LogP contribution in [-0.2, 0) is 9.53 Å². The van der Waals surface area contributed by atoms with Crippen molar-refractivity contribution in [3.8, 4) is 5.69 Å². The number of para-hydroxylation sites is 1. The highest BCUT2D eigenvalue weighted by Gasteiger charge is 2.24. The molecule has 2 N–H and O–H groups in total. The molecule has 0 spiro atoms. The molecule has 2 aromatic rings. The van der Waals surface area contributed by atoms with Crippen molar-refractivity contribution in [3.05, 3.63) is 53.1 Å². The Balaban J connectivity index is 2.30. The lowest BCUT2D eigenvalue weighted by molar-refractivity contribution is -0.135. The molecule has 0 saturated carbocycles. The van der Waals surface area contributed by atoms with E-state index in [0.717, 1.165) is 16.3 Å². The minimum Gasteiger partial charge on any atom is -0.465 e. The van der Waals surface area contributed by atoms with E-state index in [0.29, 0.717) is 10.6 Å². The largest absolute Gasteiger partial charge is 0.465 e. The molecule has 0 aliphatic carbocycles. The molecule has 96 valence electrons. The molecule has 0 radical (unpaired) electrons. The third-order valence-electron chi connectivity index (χ3n) is 2.99. The number of hydrogen-bond acceptors (Lipinski definition) is 4. The number of hydrogen-bond donors (Lipinski definition) is 1. The average molecular weight is 272 g/mol. The zero-order valence-electron chi connectivity index (χ0n) is 10.3. The van der Waals surface area contributed by atoms with Crippen molar-refractivity contribution in [2.24, 2.45) is 5.73 Å². The highest BCUT2D eigenvalue weighted by atomic mass is 32.2. The summed E-state index contributed by atoms with van der Waals surface area (Å²) in [6.45, 7) is 0. The highest BCUT2D eigenvalue weighted by molar-refractivity contribution is 8.04. The third-order valence-corrected chi connectivity index (χ3v) is 4.12. The van der Waals surface area contributed by atoms with E-state index in [1.54, 1.807) is 0 Å². The van der Waals surface area contributed by atoms with Gasteiger partial charge in [-0.05, 0) is 18.2 Å². The van der Waals surface area contributed by atoms with Crippen LogP contribution in [-0.4, -0.2) is 17.6 Å². The van der Waals surface area contributed by atoms with Gasteiger partial charge in [0.05, 0.1) is 23.5 Å². The van der Waals surface area contributed by atoms with Gasteiger partial charge in [-0.15, -0.1) is 0 Å². The van der Waals surface area contributed by atoms with Crippen LogP contribution in [0.4, 0.5) is 0 Å². The van der Waals surface area contributed by atoms with Gasteiger partial charge in [-0.3, -0.25) is 0 Å². The standard InChI is InChI=1S/C14H12N2O2S/c1-18-14(17)13-12(15)9-5-2-3-6-10(9)16-8-4-7-11(16)19-13/h2-8H,15H2,1H3. The molecule has 0 bridgehead atoms. The van der Waals surface area contributed by atoms with E-state index in [4.69, 9.17) is 10.5 Å². The second-order valence-corrected chi connectivity index (χ2v) is 5.10. The van der Waals surface area contributed by atoms with Crippen LogP contribution >= 0.6 is 11.8 Å². The minimum absolute atomic E-state index is 0.410. The Morgan fingerprint density at radius 3 is 2.84 bits per heavy atom. The Kier molecular flexibility index (Phi) is 2.83. The summed E-state index contributed by atoms with van der Waals surface area (Å²) in [6, 6.07) is 11.6. The molecule has 5 heteroatoms. The van der Waals surface area contributed by atoms with E-state index in [9.17, 15) is 4.79 Å². The predicted octanol–water partition coefficient (Wildman–Crippen LogP) is 2.38. The molecule has 1 aliphatic heterocycles. The molecular formula is C14H12N2O2S. The van der Waals surface area contributed by atoms with Crippen molar-refractivity contribution in [2.75, 3.05) is 7.11 Å². The fraction of sp³-hybridized carbons (Fsp3) is 0.0714. The summed E-state index contributed by atoms with van der Waals surface area (Å²) in [6.07, 6.45) is 1.95. The van der Waals surface area contributed by atoms with Crippen LogP contribution in [0, 0.1) is 0 Å². The molecule has 2 heterocycles. The van der Waals surface area contributed by atoms with Gasteiger partial charge in [-0.2, -0.15) is 0 Å². The van der Waals surface area contributed by atoms with Crippen LogP contribution < -0.4 is 5.73 Å². The van der Waals surface area contributed by atoms with Gasteiger partial charge in [-0.25, -0.2) is 4.79 Å². The van der Waals surface area contributed by atoms with Gasteiger partial charge in [0.1, 0.15) is 4.91 Å². The summed E-state index contributed by atoms with van der Waals surface area (Å²) in [4.78, 5) is 12.3. The topological polar surface area (TPSA) is 57.2 Å². The SMILES string of the molecule is COC(=O)C1=C(N)c2ccccc2-n2cccc2S1. The number of rotatable bonds is 1. The number of nitrogens with two attached hydrogens (primary N) is 1. The van der Waals surface area contributed by atoms with Crippen molar-refractivity contribution in [1.29, 1.82) is 0 Å². The summed E-state index contributed by atoms with van der Waals surface area (Å²) >= 11 is 1.32. The van der Waals surface area contributed by atoms with E-state index in [-0.39, 0.29) is 0 Å². The van der Waals surface area contributed by atoms with Crippen molar-refractivity contribution in [3.63, 3.8) is 0 Å². The van der Waals surface area contributed by atoms with Gasteiger partial charge in [0.25, 0.3) is 0 Å². The predicted molar refractivity (Wildman–Crippen MR) is 74.7 cm³/mol. The molecule has 1 aliphatic rings. The second-order valence-electron chi connectivity index (χ2n) is 4.07. The van der Waals surface area contributed by atoms with Crippen molar-refractivity contribution >= 4 is 23.4 Å². The van der Waals surface area contributed by atoms with Gasteiger partial charge in [-0.1, -0.05) is 30.0 Å². The Bertz CT molecular complexity index is 688. The van der Waals surface area contributed by atoms with E-state index >= 15 is 0 Å². The van der Waals surface area contributed by atoms with Gasteiger partial charge in [0, 0.05) is 11.8 Å². The molecule has 0 fully saturated rings. The van der Waals surface area contributed by atoms with E-state index < -0.39 is 5.97 Å². The van der Waals surface area contributed by atoms with E-state index in [2.05, 4.69) is 0 Å². The maximum absolute atomic E-state index is 11.9. The summed E-state index contributed by atoms with van der Waals surface area (Å²) < 4.78 is 6.83. The van der Waals surface area contributed by atoms with Crippen molar-refractivity contribution in [2.45, 2.75) is 5.03 Å². The molecule has 3 rings (SSSR count). The van der Waals surface area contributed by atoms with Crippen LogP contribution in [0.1, 0.15) is 5.56 Å². The fourth-order valence-corrected chi connectivity index (χ4v) is 3.08. The van der Waals surface area contributed by atoms with Crippen LogP contribution in [0.3, 0.4) is 0 Å². The van der Waals surface area contributed by atoms with Gasteiger partial charge >= 0.3 is 5.97 Å². The number of aromatic nitrogens is 1. The number of methoxy groups -OCH3 is 1. The van der Waals surface area contributed by atoms with Crippen LogP contribution in [0.15, 0.2) is 52.5 Å². The highest BCUT2D eigenvalue weighted by Crippen LogP contribution is 2.38. The number of esters is 1. The molecule has 0 atom stereocenters.